The fourth-order valence-corrected chi connectivity index (χ4v) is 2.39. The van der Waals surface area contributed by atoms with E-state index in [0.29, 0.717) is 12.5 Å². The number of hydrogen-bond donors (Lipinski definition) is 2. The van der Waals surface area contributed by atoms with Crippen molar-refractivity contribution in [3.05, 3.63) is 29.8 Å². The summed E-state index contributed by atoms with van der Waals surface area (Å²) in [4.78, 5) is 4.08. The smallest absolute Gasteiger partial charge is 0.416 e. The van der Waals surface area contributed by atoms with Crippen molar-refractivity contribution in [1.82, 2.24) is 10.6 Å². The molecule has 1 aromatic rings. The first-order valence-corrected chi connectivity index (χ1v) is 9.10. The molecule has 0 aliphatic rings. The second-order valence-corrected chi connectivity index (χ2v) is 5.99. The Morgan fingerprint density at radius 2 is 1.96 bits per heavy atom. The minimum Gasteiger partial charge on any atom is -0.492 e. The number of hydrogen-bond acceptors (Lipinski definition) is 3. The van der Waals surface area contributed by atoms with Gasteiger partial charge >= 0.3 is 6.18 Å². The topological polar surface area (TPSA) is 45.7 Å². The summed E-state index contributed by atoms with van der Waals surface area (Å²) in [6, 6.07) is 4.86. The first-order chi connectivity index (χ1) is 11.5. The van der Waals surface area contributed by atoms with E-state index in [4.69, 9.17) is 4.74 Å². The van der Waals surface area contributed by atoms with E-state index in [-0.39, 0.29) is 12.4 Å². The molecule has 0 spiro atoms. The van der Waals surface area contributed by atoms with Crippen molar-refractivity contribution in [2.45, 2.75) is 19.0 Å². The second kappa shape index (κ2) is 11.1. The zero-order chi connectivity index (χ0) is 17.8. The van der Waals surface area contributed by atoms with Crippen molar-refractivity contribution < 1.29 is 17.9 Å². The van der Waals surface area contributed by atoms with Crippen LogP contribution >= 0.6 is 11.8 Å². The molecule has 8 heteroatoms. The Morgan fingerprint density at radius 1 is 1.21 bits per heavy atom. The molecule has 2 N–H and O–H groups in total. The number of aliphatic imine (C=N–C) groups is 1. The fraction of sp³-hybridized carbons (Fsp3) is 0.562. The van der Waals surface area contributed by atoms with Crippen molar-refractivity contribution in [3.8, 4) is 5.75 Å². The number of thioether (sulfide) groups is 1. The van der Waals surface area contributed by atoms with Crippen LogP contribution in [0.15, 0.2) is 29.3 Å². The maximum Gasteiger partial charge on any atom is 0.416 e. The molecular weight excluding hydrogens is 339 g/mol. The van der Waals surface area contributed by atoms with Crippen LogP contribution < -0.4 is 15.4 Å². The van der Waals surface area contributed by atoms with Crippen LogP contribution in [0, 0.1) is 0 Å². The van der Waals surface area contributed by atoms with E-state index in [1.165, 1.54) is 12.1 Å². The number of guanidine groups is 1. The Labute approximate surface area is 145 Å². The van der Waals surface area contributed by atoms with E-state index in [1.807, 2.05) is 11.8 Å². The lowest BCUT2D eigenvalue weighted by Crippen LogP contribution is -2.39. The van der Waals surface area contributed by atoms with Crippen molar-refractivity contribution in [1.29, 1.82) is 0 Å². The minimum atomic E-state index is -4.36. The largest absolute Gasteiger partial charge is 0.492 e. The van der Waals surface area contributed by atoms with Crippen LogP contribution in [0.5, 0.6) is 5.75 Å². The van der Waals surface area contributed by atoms with Gasteiger partial charge in [-0.15, -0.1) is 0 Å². The lowest BCUT2D eigenvalue weighted by atomic mass is 10.2. The van der Waals surface area contributed by atoms with Crippen molar-refractivity contribution in [2.75, 3.05) is 38.8 Å². The first-order valence-electron chi connectivity index (χ1n) is 7.71. The predicted molar refractivity (Wildman–Crippen MR) is 93.9 cm³/mol. The molecule has 1 aromatic carbocycles. The van der Waals surface area contributed by atoms with Gasteiger partial charge in [0.25, 0.3) is 0 Å². The van der Waals surface area contributed by atoms with E-state index in [2.05, 4.69) is 21.9 Å². The van der Waals surface area contributed by atoms with Gasteiger partial charge in [-0.1, -0.05) is 6.07 Å². The molecule has 4 nitrogen and oxygen atoms in total. The lowest BCUT2D eigenvalue weighted by Gasteiger charge is -2.13. The Bertz CT molecular complexity index is 510. The summed E-state index contributed by atoms with van der Waals surface area (Å²) in [5.74, 6) is 2.00. The average Bonchev–Trinajstić information content (AvgIpc) is 2.56. The molecule has 0 amide bonds. The number of benzene rings is 1. The number of unbranched alkanes of at least 4 members (excludes halogenated alkanes) is 1. The summed E-state index contributed by atoms with van der Waals surface area (Å²) >= 11 is 1.82. The van der Waals surface area contributed by atoms with Gasteiger partial charge in [-0.2, -0.15) is 24.9 Å². The van der Waals surface area contributed by atoms with E-state index < -0.39 is 11.7 Å². The Kier molecular flexibility index (Phi) is 9.44. The monoisotopic (exact) mass is 363 g/mol. The lowest BCUT2D eigenvalue weighted by molar-refractivity contribution is -0.137. The predicted octanol–water partition coefficient (Wildman–Crippen LogP) is 3.39. The number of nitrogens with zero attached hydrogens (tertiary/aromatic N) is 1. The van der Waals surface area contributed by atoms with Crippen LogP contribution in [-0.2, 0) is 6.18 Å². The van der Waals surface area contributed by atoms with Gasteiger partial charge in [0.2, 0.25) is 0 Å². The highest BCUT2D eigenvalue weighted by atomic mass is 32.2. The quantitative estimate of drug-likeness (QED) is 0.401. The molecule has 0 bridgehead atoms. The van der Waals surface area contributed by atoms with Crippen LogP contribution in [0.1, 0.15) is 18.4 Å². The number of alkyl halides is 3. The van der Waals surface area contributed by atoms with Gasteiger partial charge in [0.15, 0.2) is 5.96 Å². The minimum absolute atomic E-state index is 0.201. The highest BCUT2D eigenvalue weighted by Gasteiger charge is 2.30. The van der Waals surface area contributed by atoms with Crippen LogP contribution in [0.3, 0.4) is 0 Å². The second-order valence-electron chi connectivity index (χ2n) is 5.00. The molecule has 0 atom stereocenters. The Hall–Kier alpha value is -1.57. The molecule has 0 aromatic heterocycles. The van der Waals surface area contributed by atoms with E-state index in [9.17, 15) is 13.2 Å². The van der Waals surface area contributed by atoms with Gasteiger partial charge in [-0.25, -0.2) is 0 Å². The molecule has 0 saturated heterocycles. The molecule has 1 rings (SSSR count). The summed E-state index contributed by atoms with van der Waals surface area (Å²) < 4.78 is 43.2. The number of rotatable bonds is 9. The molecule has 0 unspecified atom stereocenters. The molecule has 0 saturated carbocycles. The molecule has 136 valence electrons. The average molecular weight is 363 g/mol. The molecule has 0 heterocycles. The third-order valence-electron chi connectivity index (χ3n) is 3.12. The molecule has 0 radical (unpaired) electrons. The fourth-order valence-electron chi connectivity index (χ4n) is 1.90. The van der Waals surface area contributed by atoms with E-state index >= 15 is 0 Å². The highest BCUT2D eigenvalue weighted by molar-refractivity contribution is 7.98. The molecule has 0 fully saturated rings. The van der Waals surface area contributed by atoms with Gasteiger partial charge in [-0.05, 0) is 43.0 Å². The zero-order valence-corrected chi connectivity index (χ0v) is 14.8. The summed E-state index contributed by atoms with van der Waals surface area (Å²) in [5.41, 5.74) is -0.712. The van der Waals surface area contributed by atoms with Gasteiger partial charge in [0.05, 0.1) is 12.1 Å². The first kappa shape index (κ1) is 20.5. The van der Waals surface area contributed by atoms with Crippen molar-refractivity contribution in [3.63, 3.8) is 0 Å². The van der Waals surface area contributed by atoms with Crippen LogP contribution in [0.4, 0.5) is 13.2 Å². The molecule has 0 aliphatic heterocycles. The van der Waals surface area contributed by atoms with Gasteiger partial charge in [0, 0.05) is 13.6 Å². The number of nitrogens with one attached hydrogen (secondary N) is 2. The van der Waals surface area contributed by atoms with Crippen molar-refractivity contribution in [2.24, 2.45) is 4.99 Å². The van der Waals surface area contributed by atoms with Crippen LogP contribution in [0.2, 0.25) is 0 Å². The Balaban J connectivity index is 2.27. The number of halogens is 3. The number of ether oxygens (including phenoxy) is 1. The summed E-state index contributed by atoms with van der Waals surface area (Å²) in [6.45, 7) is 1.52. The molecular formula is C16H24F3N3OS. The SMILES string of the molecule is CN=C(NCCCCSC)NCCOc1cccc(C(F)(F)F)c1. The summed E-state index contributed by atoms with van der Waals surface area (Å²) in [5, 5.41) is 6.24. The normalized spacial score (nSPS) is 12.1. The van der Waals surface area contributed by atoms with Gasteiger partial charge in [0.1, 0.15) is 12.4 Å². The van der Waals surface area contributed by atoms with Crippen LogP contribution in [-0.4, -0.2) is 44.7 Å². The zero-order valence-electron chi connectivity index (χ0n) is 13.9. The maximum absolute atomic E-state index is 12.6. The summed E-state index contributed by atoms with van der Waals surface area (Å²) in [7, 11) is 1.67. The van der Waals surface area contributed by atoms with Crippen LogP contribution in [0.25, 0.3) is 0 Å². The van der Waals surface area contributed by atoms with Crippen molar-refractivity contribution >= 4 is 17.7 Å². The molecule has 24 heavy (non-hydrogen) atoms. The third-order valence-corrected chi connectivity index (χ3v) is 3.81. The summed E-state index contributed by atoms with van der Waals surface area (Å²) in [6.07, 6.45) is -0.0791. The Morgan fingerprint density at radius 3 is 2.62 bits per heavy atom. The highest BCUT2D eigenvalue weighted by Crippen LogP contribution is 2.31. The van der Waals surface area contributed by atoms with E-state index in [0.717, 1.165) is 37.3 Å². The third kappa shape index (κ3) is 8.33. The van der Waals surface area contributed by atoms with E-state index in [1.54, 1.807) is 7.05 Å². The van der Waals surface area contributed by atoms with Gasteiger partial charge < -0.3 is 15.4 Å². The maximum atomic E-state index is 12.6. The molecule has 0 aliphatic carbocycles. The van der Waals surface area contributed by atoms with Gasteiger partial charge in [-0.3, -0.25) is 4.99 Å². The standard InChI is InChI=1S/C16H24F3N3OS/c1-20-15(21-8-3-4-11-24-2)22-9-10-23-14-7-5-6-13(12-14)16(17,18)19/h5-7,12H,3-4,8-11H2,1-2H3,(H2,20,21,22).